The van der Waals surface area contributed by atoms with Gasteiger partial charge in [-0.1, -0.05) is 19.9 Å². The van der Waals surface area contributed by atoms with Gasteiger partial charge in [0.25, 0.3) is 0 Å². The van der Waals surface area contributed by atoms with Crippen LogP contribution < -0.4 is 10.2 Å². The standard InChI is InChI=1S/C21H31N3O2/c1-6-24-12-15-11-16(13-26-7-2)22-21(25)20(14(3)4)23(5)17-9-8-10-18(24)19(15)17/h8-10,12,14,16,20H,6-7,11,13H2,1-5H3,(H,22,25)/t16-,20-/m0/s1. The Hall–Kier alpha value is -2.01. The van der Waals surface area contributed by atoms with Crippen molar-refractivity contribution in [3.63, 3.8) is 0 Å². The Morgan fingerprint density at radius 2 is 2.08 bits per heavy atom. The van der Waals surface area contributed by atoms with Crippen molar-refractivity contribution >= 4 is 22.5 Å². The minimum atomic E-state index is -0.208. The molecule has 1 amide bonds. The van der Waals surface area contributed by atoms with Crippen LogP contribution in [-0.2, 0) is 22.5 Å². The van der Waals surface area contributed by atoms with E-state index in [0.717, 1.165) is 18.7 Å². The largest absolute Gasteiger partial charge is 0.380 e. The van der Waals surface area contributed by atoms with Crippen molar-refractivity contribution in [3.05, 3.63) is 30.0 Å². The lowest BCUT2D eigenvalue weighted by Gasteiger charge is -2.32. The van der Waals surface area contributed by atoms with Crippen molar-refractivity contribution < 1.29 is 9.53 Å². The molecule has 0 fully saturated rings. The molecule has 0 saturated heterocycles. The zero-order valence-corrected chi connectivity index (χ0v) is 16.6. The number of carbonyl (C=O) groups is 1. The summed E-state index contributed by atoms with van der Waals surface area (Å²) in [4.78, 5) is 15.2. The Balaban J connectivity index is 2.17. The topological polar surface area (TPSA) is 46.5 Å². The van der Waals surface area contributed by atoms with Gasteiger partial charge in [0, 0.05) is 37.5 Å². The maximum absolute atomic E-state index is 13.0. The van der Waals surface area contributed by atoms with Crippen LogP contribution >= 0.6 is 0 Å². The van der Waals surface area contributed by atoms with E-state index < -0.39 is 0 Å². The first-order chi connectivity index (χ1) is 12.5. The van der Waals surface area contributed by atoms with Crippen LogP contribution in [0.4, 0.5) is 5.69 Å². The summed E-state index contributed by atoms with van der Waals surface area (Å²) >= 11 is 0. The molecule has 0 saturated carbocycles. The van der Waals surface area contributed by atoms with E-state index in [1.165, 1.54) is 16.5 Å². The van der Waals surface area contributed by atoms with E-state index in [-0.39, 0.29) is 23.9 Å². The number of carbonyl (C=O) groups excluding carboxylic acids is 1. The fraction of sp³-hybridized carbons (Fsp3) is 0.571. The van der Waals surface area contributed by atoms with E-state index in [4.69, 9.17) is 4.74 Å². The van der Waals surface area contributed by atoms with Crippen LogP contribution in [0.1, 0.15) is 33.3 Å². The van der Waals surface area contributed by atoms with E-state index in [0.29, 0.717) is 13.2 Å². The van der Waals surface area contributed by atoms with Gasteiger partial charge in [0.2, 0.25) is 5.91 Å². The molecule has 0 unspecified atom stereocenters. The SMILES string of the molecule is CCOC[C@@H]1Cc2cn(CC)c3cccc(c23)N(C)[C@@H](C(C)C)C(=O)N1. The Bertz CT molecular complexity index is 781. The second kappa shape index (κ2) is 7.70. The number of aromatic nitrogens is 1. The smallest absolute Gasteiger partial charge is 0.243 e. The Morgan fingerprint density at radius 1 is 1.31 bits per heavy atom. The van der Waals surface area contributed by atoms with Gasteiger partial charge in [-0.25, -0.2) is 0 Å². The molecule has 0 spiro atoms. The zero-order chi connectivity index (χ0) is 18.8. The fourth-order valence-electron chi connectivity index (χ4n) is 4.17. The lowest BCUT2D eigenvalue weighted by atomic mass is 10.0. The third-order valence-corrected chi connectivity index (χ3v) is 5.34. The minimum Gasteiger partial charge on any atom is -0.380 e. The number of benzene rings is 1. The normalized spacial score (nSPS) is 20.8. The summed E-state index contributed by atoms with van der Waals surface area (Å²) in [6, 6.07) is 6.18. The summed E-state index contributed by atoms with van der Waals surface area (Å²) in [5.41, 5.74) is 3.65. The van der Waals surface area contributed by atoms with Crippen molar-refractivity contribution in [1.29, 1.82) is 0 Å². The van der Waals surface area contributed by atoms with E-state index in [1.807, 2.05) is 14.0 Å². The monoisotopic (exact) mass is 357 g/mol. The molecule has 142 valence electrons. The van der Waals surface area contributed by atoms with Gasteiger partial charge in [0.05, 0.1) is 18.2 Å². The van der Waals surface area contributed by atoms with Crippen LogP contribution in [0.25, 0.3) is 10.9 Å². The van der Waals surface area contributed by atoms with Gasteiger partial charge in [0.15, 0.2) is 0 Å². The van der Waals surface area contributed by atoms with Gasteiger partial charge in [-0.3, -0.25) is 4.79 Å². The van der Waals surface area contributed by atoms with E-state index in [2.05, 4.69) is 60.0 Å². The molecule has 2 aromatic rings. The molecular weight excluding hydrogens is 326 g/mol. The van der Waals surface area contributed by atoms with Gasteiger partial charge >= 0.3 is 0 Å². The molecule has 0 bridgehead atoms. The number of anilines is 1. The number of rotatable bonds is 5. The average Bonchev–Trinajstić information content (AvgIpc) is 2.97. The molecular formula is C21H31N3O2. The molecule has 2 atom stereocenters. The predicted molar refractivity (Wildman–Crippen MR) is 107 cm³/mol. The highest BCUT2D eigenvalue weighted by molar-refractivity contribution is 5.98. The number of likely N-dealkylation sites (N-methyl/N-ethyl adjacent to an activating group) is 1. The summed E-state index contributed by atoms with van der Waals surface area (Å²) in [6.45, 7) is 10.5. The number of nitrogens with zero attached hydrogens (tertiary/aromatic N) is 2. The van der Waals surface area contributed by atoms with Crippen molar-refractivity contribution in [2.45, 2.75) is 52.7 Å². The first-order valence-corrected chi connectivity index (χ1v) is 9.69. The summed E-state index contributed by atoms with van der Waals surface area (Å²) < 4.78 is 7.96. The Labute approximate surface area is 156 Å². The maximum atomic E-state index is 13.0. The molecule has 26 heavy (non-hydrogen) atoms. The molecule has 0 aliphatic carbocycles. The van der Waals surface area contributed by atoms with Crippen LogP contribution in [-0.4, -0.2) is 42.8 Å². The van der Waals surface area contributed by atoms with Crippen LogP contribution in [0.3, 0.4) is 0 Å². The van der Waals surface area contributed by atoms with E-state index in [9.17, 15) is 4.79 Å². The second-order valence-corrected chi connectivity index (χ2v) is 7.48. The summed E-state index contributed by atoms with van der Waals surface area (Å²) in [5.74, 6) is 0.288. The molecule has 1 aromatic heterocycles. The summed E-state index contributed by atoms with van der Waals surface area (Å²) in [5, 5.41) is 4.51. The van der Waals surface area contributed by atoms with Crippen molar-refractivity contribution in [2.75, 3.05) is 25.2 Å². The van der Waals surface area contributed by atoms with Gasteiger partial charge < -0.3 is 19.5 Å². The Kier molecular flexibility index (Phi) is 5.56. The number of nitrogens with one attached hydrogen (secondary N) is 1. The number of hydrogen-bond acceptors (Lipinski definition) is 3. The van der Waals surface area contributed by atoms with Gasteiger partial charge in [0.1, 0.15) is 6.04 Å². The zero-order valence-electron chi connectivity index (χ0n) is 16.6. The average molecular weight is 357 g/mol. The van der Waals surface area contributed by atoms with Crippen molar-refractivity contribution in [1.82, 2.24) is 9.88 Å². The maximum Gasteiger partial charge on any atom is 0.243 e. The van der Waals surface area contributed by atoms with Gasteiger partial charge in [-0.05, 0) is 43.9 Å². The molecule has 5 nitrogen and oxygen atoms in total. The number of hydrogen-bond donors (Lipinski definition) is 1. The van der Waals surface area contributed by atoms with Gasteiger partial charge in [-0.15, -0.1) is 0 Å². The summed E-state index contributed by atoms with van der Waals surface area (Å²) in [7, 11) is 2.04. The van der Waals surface area contributed by atoms with Gasteiger partial charge in [-0.2, -0.15) is 0 Å². The minimum absolute atomic E-state index is 0.0147. The molecule has 3 rings (SSSR count). The second-order valence-electron chi connectivity index (χ2n) is 7.48. The first kappa shape index (κ1) is 18.8. The Morgan fingerprint density at radius 3 is 2.73 bits per heavy atom. The third-order valence-electron chi connectivity index (χ3n) is 5.34. The number of ether oxygens (including phenoxy) is 1. The highest BCUT2D eigenvalue weighted by Gasteiger charge is 2.32. The quantitative estimate of drug-likeness (QED) is 0.894. The lowest BCUT2D eigenvalue weighted by molar-refractivity contribution is -0.124. The molecule has 1 aromatic carbocycles. The highest BCUT2D eigenvalue weighted by atomic mass is 16.5. The molecule has 2 heterocycles. The van der Waals surface area contributed by atoms with Crippen LogP contribution in [0.5, 0.6) is 0 Å². The molecule has 0 radical (unpaired) electrons. The van der Waals surface area contributed by atoms with Crippen LogP contribution in [0, 0.1) is 5.92 Å². The van der Waals surface area contributed by atoms with Crippen molar-refractivity contribution in [3.8, 4) is 0 Å². The van der Waals surface area contributed by atoms with E-state index >= 15 is 0 Å². The molecule has 5 heteroatoms. The molecule has 1 aliphatic heterocycles. The summed E-state index contributed by atoms with van der Waals surface area (Å²) in [6.07, 6.45) is 3.02. The number of amides is 1. The predicted octanol–water partition coefficient (Wildman–Crippen LogP) is 3.20. The molecule has 1 N–H and O–H groups in total. The third kappa shape index (κ3) is 3.32. The first-order valence-electron chi connectivity index (χ1n) is 9.69. The van der Waals surface area contributed by atoms with E-state index in [1.54, 1.807) is 0 Å². The van der Waals surface area contributed by atoms with Crippen LogP contribution in [0.2, 0.25) is 0 Å². The highest BCUT2D eigenvalue weighted by Crippen LogP contribution is 2.34. The lowest BCUT2D eigenvalue weighted by Crippen LogP contribution is -2.52. The van der Waals surface area contributed by atoms with Crippen LogP contribution in [0.15, 0.2) is 24.4 Å². The fourth-order valence-corrected chi connectivity index (χ4v) is 4.17. The molecule has 1 aliphatic rings. The number of aryl methyl sites for hydroxylation is 1. The van der Waals surface area contributed by atoms with Crippen molar-refractivity contribution in [2.24, 2.45) is 5.92 Å².